The highest BCUT2D eigenvalue weighted by atomic mass is 16.5. The monoisotopic (exact) mass is 252 g/mol. The second-order valence-electron chi connectivity index (χ2n) is 5.78. The Morgan fingerprint density at radius 3 is 2.83 bits per heavy atom. The predicted octanol–water partition coefficient (Wildman–Crippen LogP) is 1.66. The Morgan fingerprint density at radius 1 is 1.39 bits per heavy atom. The molecular formula is C13H20N2O3. The van der Waals surface area contributed by atoms with Crippen molar-refractivity contribution in [2.24, 2.45) is 5.92 Å². The summed E-state index contributed by atoms with van der Waals surface area (Å²) >= 11 is 0. The second kappa shape index (κ2) is 4.63. The van der Waals surface area contributed by atoms with Gasteiger partial charge in [-0.25, -0.2) is 0 Å². The minimum atomic E-state index is -0.422. The van der Waals surface area contributed by atoms with Crippen LogP contribution in [0.15, 0.2) is 4.52 Å². The first-order valence-corrected chi connectivity index (χ1v) is 6.79. The lowest BCUT2D eigenvalue weighted by atomic mass is 9.89. The summed E-state index contributed by atoms with van der Waals surface area (Å²) < 4.78 is 11.0. The molecule has 5 nitrogen and oxygen atoms in total. The van der Waals surface area contributed by atoms with Crippen LogP contribution in [0.5, 0.6) is 0 Å². The smallest absolute Gasteiger partial charge is 0.229 e. The molecule has 0 aliphatic carbocycles. The third-order valence-electron chi connectivity index (χ3n) is 4.07. The van der Waals surface area contributed by atoms with Gasteiger partial charge >= 0.3 is 0 Å². The average Bonchev–Trinajstić information content (AvgIpc) is 3.03. The number of aliphatic hydroxyl groups is 1. The number of hydrogen-bond donors (Lipinski definition) is 1. The first-order chi connectivity index (χ1) is 8.63. The van der Waals surface area contributed by atoms with Gasteiger partial charge in [-0.3, -0.25) is 0 Å². The van der Waals surface area contributed by atoms with E-state index in [0.29, 0.717) is 18.4 Å². The zero-order valence-corrected chi connectivity index (χ0v) is 10.9. The van der Waals surface area contributed by atoms with Crippen molar-refractivity contribution in [2.75, 3.05) is 0 Å². The van der Waals surface area contributed by atoms with Gasteiger partial charge in [0, 0.05) is 0 Å². The van der Waals surface area contributed by atoms with Crippen LogP contribution < -0.4 is 0 Å². The molecule has 2 fully saturated rings. The van der Waals surface area contributed by atoms with Crippen molar-refractivity contribution < 1.29 is 14.4 Å². The molecule has 0 saturated carbocycles. The molecule has 0 amide bonds. The highest BCUT2D eigenvalue weighted by Gasteiger charge is 2.43. The molecule has 2 saturated heterocycles. The Bertz CT molecular complexity index is 418. The van der Waals surface area contributed by atoms with E-state index in [2.05, 4.69) is 10.1 Å². The van der Waals surface area contributed by atoms with E-state index in [9.17, 15) is 5.11 Å². The largest absolute Gasteiger partial charge is 0.392 e. The molecule has 1 N–H and O–H groups in total. The van der Waals surface area contributed by atoms with Gasteiger partial charge in [0.2, 0.25) is 5.89 Å². The van der Waals surface area contributed by atoms with Crippen molar-refractivity contribution in [1.82, 2.24) is 10.1 Å². The lowest BCUT2D eigenvalue weighted by Gasteiger charge is -2.14. The fourth-order valence-corrected chi connectivity index (χ4v) is 2.83. The molecule has 3 heterocycles. The summed E-state index contributed by atoms with van der Waals surface area (Å²) in [5.41, 5.74) is 0. The van der Waals surface area contributed by atoms with Gasteiger partial charge in [0.25, 0.3) is 0 Å². The molecule has 0 radical (unpaired) electrons. The lowest BCUT2D eigenvalue weighted by molar-refractivity contribution is 0.0996. The maximum atomic E-state index is 9.81. The molecule has 1 aromatic heterocycles. The van der Waals surface area contributed by atoms with Crippen LogP contribution in [0.2, 0.25) is 0 Å². The van der Waals surface area contributed by atoms with E-state index in [1.54, 1.807) is 0 Å². The van der Waals surface area contributed by atoms with E-state index < -0.39 is 6.10 Å². The summed E-state index contributed by atoms with van der Waals surface area (Å²) in [4.78, 5) is 4.42. The summed E-state index contributed by atoms with van der Waals surface area (Å²) in [6, 6.07) is 0. The molecular weight excluding hydrogens is 232 g/mol. The van der Waals surface area contributed by atoms with Crippen LogP contribution in [0.1, 0.15) is 50.7 Å². The Balaban J connectivity index is 1.66. The predicted molar refractivity (Wildman–Crippen MR) is 64.1 cm³/mol. The van der Waals surface area contributed by atoms with Crippen molar-refractivity contribution in [3.05, 3.63) is 11.7 Å². The first kappa shape index (κ1) is 12.1. The summed E-state index contributed by atoms with van der Waals surface area (Å²) in [7, 11) is 0. The second-order valence-corrected chi connectivity index (χ2v) is 5.78. The first-order valence-electron chi connectivity index (χ1n) is 6.79. The van der Waals surface area contributed by atoms with Crippen LogP contribution in [0.3, 0.4) is 0 Å². The summed E-state index contributed by atoms with van der Waals surface area (Å²) in [5.74, 6) is 1.78. The lowest BCUT2D eigenvalue weighted by Crippen LogP contribution is -2.18. The topological polar surface area (TPSA) is 68.4 Å². The van der Waals surface area contributed by atoms with Crippen molar-refractivity contribution in [1.29, 1.82) is 0 Å². The molecule has 18 heavy (non-hydrogen) atoms. The van der Waals surface area contributed by atoms with E-state index in [0.717, 1.165) is 25.1 Å². The van der Waals surface area contributed by atoms with Gasteiger partial charge in [0.05, 0.1) is 30.7 Å². The summed E-state index contributed by atoms with van der Waals surface area (Å²) in [5, 5.41) is 13.9. The number of fused-ring (bicyclic) bond motifs is 2. The van der Waals surface area contributed by atoms with Crippen LogP contribution in [0.4, 0.5) is 0 Å². The van der Waals surface area contributed by atoms with Gasteiger partial charge in [-0.2, -0.15) is 4.98 Å². The van der Waals surface area contributed by atoms with E-state index >= 15 is 0 Å². The number of aliphatic hydroxyl groups excluding tert-OH is 1. The molecule has 3 rings (SSSR count). The number of ether oxygens (including phenoxy) is 1. The van der Waals surface area contributed by atoms with E-state index in [-0.39, 0.29) is 17.9 Å². The van der Waals surface area contributed by atoms with Crippen LogP contribution in [0.25, 0.3) is 0 Å². The van der Waals surface area contributed by atoms with Crippen LogP contribution in [0, 0.1) is 5.92 Å². The maximum absolute atomic E-state index is 9.81. The maximum Gasteiger partial charge on any atom is 0.229 e. The van der Waals surface area contributed by atoms with Gasteiger partial charge in [-0.05, 0) is 25.2 Å². The fourth-order valence-electron chi connectivity index (χ4n) is 2.83. The molecule has 5 heteroatoms. The number of nitrogens with zero attached hydrogens (tertiary/aromatic N) is 2. The van der Waals surface area contributed by atoms with E-state index in [1.807, 2.05) is 13.8 Å². The molecule has 1 aromatic rings. The van der Waals surface area contributed by atoms with Gasteiger partial charge in [0.1, 0.15) is 0 Å². The Hall–Kier alpha value is -0.940. The van der Waals surface area contributed by atoms with E-state index in [1.165, 1.54) is 0 Å². The van der Waals surface area contributed by atoms with Gasteiger partial charge in [0.15, 0.2) is 5.82 Å². The van der Waals surface area contributed by atoms with Crippen LogP contribution in [-0.2, 0) is 11.2 Å². The van der Waals surface area contributed by atoms with Gasteiger partial charge in [-0.1, -0.05) is 19.0 Å². The molecule has 0 spiro atoms. The minimum Gasteiger partial charge on any atom is -0.392 e. The highest BCUT2D eigenvalue weighted by Crippen LogP contribution is 2.43. The third kappa shape index (κ3) is 2.17. The SMILES string of the molecule is CC(C)C(O)Cc1nc(C2CC3CCC2O3)no1. The third-order valence-corrected chi connectivity index (χ3v) is 4.07. The standard InChI is InChI=1S/C13H20N2O3/c1-7(2)10(16)6-12-14-13(15-18-12)9-5-8-3-4-11(9)17-8/h7-11,16H,3-6H2,1-2H3. The van der Waals surface area contributed by atoms with Crippen molar-refractivity contribution in [3.8, 4) is 0 Å². The number of hydrogen-bond acceptors (Lipinski definition) is 5. The number of aromatic nitrogens is 2. The van der Waals surface area contributed by atoms with Crippen molar-refractivity contribution in [3.63, 3.8) is 0 Å². The zero-order chi connectivity index (χ0) is 12.7. The molecule has 2 aliphatic rings. The average molecular weight is 252 g/mol. The van der Waals surface area contributed by atoms with Crippen LogP contribution >= 0.6 is 0 Å². The quantitative estimate of drug-likeness (QED) is 0.882. The zero-order valence-electron chi connectivity index (χ0n) is 10.9. The molecule has 2 bridgehead atoms. The Morgan fingerprint density at radius 2 is 2.22 bits per heavy atom. The molecule has 0 aromatic carbocycles. The van der Waals surface area contributed by atoms with Crippen LogP contribution in [-0.4, -0.2) is 33.6 Å². The van der Waals surface area contributed by atoms with Crippen molar-refractivity contribution in [2.45, 2.75) is 63.8 Å². The highest BCUT2D eigenvalue weighted by molar-refractivity contribution is 5.07. The normalized spacial score (nSPS) is 32.3. The van der Waals surface area contributed by atoms with Crippen molar-refractivity contribution >= 4 is 0 Å². The summed E-state index contributed by atoms with van der Waals surface area (Å²) in [6.07, 6.45) is 3.96. The molecule has 4 unspecified atom stereocenters. The van der Waals surface area contributed by atoms with Gasteiger partial charge < -0.3 is 14.4 Å². The Kier molecular flexibility index (Phi) is 3.11. The molecule has 4 atom stereocenters. The fraction of sp³-hybridized carbons (Fsp3) is 0.846. The molecule has 2 aliphatic heterocycles. The molecule has 100 valence electrons. The minimum absolute atomic E-state index is 0.200. The summed E-state index contributed by atoms with van der Waals surface area (Å²) in [6.45, 7) is 3.96. The van der Waals surface area contributed by atoms with Gasteiger partial charge in [-0.15, -0.1) is 0 Å². The Labute approximate surface area is 107 Å². The number of rotatable bonds is 4. The van der Waals surface area contributed by atoms with E-state index in [4.69, 9.17) is 9.26 Å².